The molecule has 0 saturated carbocycles. The Hall–Kier alpha value is -1.88. The van der Waals surface area contributed by atoms with Crippen LogP contribution in [0.4, 0.5) is 5.69 Å². The summed E-state index contributed by atoms with van der Waals surface area (Å²) in [6.45, 7) is 0.888. The lowest BCUT2D eigenvalue weighted by Crippen LogP contribution is -2.43. The molecule has 1 heterocycles. The second kappa shape index (κ2) is 6.33. The fraction of sp³-hybridized carbons (Fsp3) is 0.429. The molecule has 19 heavy (non-hydrogen) atoms. The first-order valence-corrected chi connectivity index (χ1v) is 6.43. The summed E-state index contributed by atoms with van der Waals surface area (Å²) in [6.07, 6.45) is 3.07. The second-order valence-corrected chi connectivity index (χ2v) is 4.56. The summed E-state index contributed by atoms with van der Waals surface area (Å²) in [5.41, 5.74) is 1.15. The first-order valence-electron chi connectivity index (χ1n) is 6.43. The standard InChI is InChI=1S/C14H18N2O3/c1-19-14(18)10-5-7-11(8-6-10)16-13(17)12-4-2-3-9-15-12/h5-8,12,15H,2-4,9H2,1H3,(H,16,17)/t12-/m0/s1. The molecule has 0 spiro atoms. The van der Waals surface area contributed by atoms with Gasteiger partial charge < -0.3 is 15.4 Å². The number of rotatable bonds is 3. The van der Waals surface area contributed by atoms with E-state index in [9.17, 15) is 9.59 Å². The fourth-order valence-corrected chi connectivity index (χ4v) is 2.11. The van der Waals surface area contributed by atoms with Crippen molar-refractivity contribution in [2.45, 2.75) is 25.3 Å². The van der Waals surface area contributed by atoms with Crippen LogP contribution in [0.25, 0.3) is 0 Å². The molecule has 1 saturated heterocycles. The Morgan fingerprint density at radius 1 is 1.26 bits per heavy atom. The number of nitrogens with one attached hydrogen (secondary N) is 2. The summed E-state index contributed by atoms with van der Waals surface area (Å²) in [4.78, 5) is 23.3. The zero-order chi connectivity index (χ0) is 13.7. The van der Waals surface area contributed by atoms with Crippen molar-refractivity contribution in [3.05, 3.63) is 29.8 Å². The zero-order valence-electron chi connectivity index (χ0n) is 10.9. The van der Waals surface area contributed by atoms with Crippen LogP contribution in [-0.4, -0.2) is 31.6 Å². The fourth-order valence-electron chi connectivity index (χ4n) is 2.11. The van der Waals surface area contributed by atoms with E-state index in [1.165, 1.54) is 7.11 Å². The molecule has 1 amide bonds. The largest absolute Gasteiger partial charge is 0.465 e. The number of amides is 1. The van der Waals surface area contributed by atoms with Crippen LogP contribution in [0.1, 0.15) is 29.6 Å². The zero-order valence-corrected chi connectivity index (χ0v) is 10.9. The number of anilines is 1. The lowest BCUT2D eigenvalue weighted by atomic mass is 10.0. The molecule has 102 valence electrons. The minimum absolute atomic E-state index is 0.0227. The first kappa shape index (κ1) is 13.5. The minimum atomic E-state index is -0.383. The van der Waals surface area contributed by atoms with Gasteiger partial charge in [0.25, 0.3) is 0 Å². The number of hydrogen-bond acceptors (Lipinski definition) is 4. The average molecular weight is 262 g/mol. The van der Waals surface area contributed by atoms with Crippen molar-refractivity contribution in [2.24, 2.45) is 0 Å². The van der Waals surface area contributed by atoms with Crippen molar-refractivity contribution in [2.75, 3.05) is 19.0 Å². The first-order chi connectivity index (χ1) is 9.20. The molecule has 1 aromatic rings. The van der Waals surface area contributed by atoms with Crippen molar-refractivity contribution in [1.29, 1.82) is 0 Å². The van der Waals surface area contributed by atoms with Gasteiger partial charge in [0.05, 0.1) is 18.7 Å². The number of piperidine rings is 1. The lowest BCUT2D eigenvalue weighted by molar-refractivity contribution is -0.118. The van der Waals surface area contributed by atoms with E-state index in [-0.39, 0.29) is 17.9 Å². The molecule has 0 aromatic heterocycles. The third kappa shape index (κ3) is 3.54. The van der Waals surface area contributed by atoms with Crippen LogP contribution in [0.15, 0.2) is 24.3 Å². The Balaban J connectivity index is 1.95. The maximum atomic E-state index is 12.0. The molecule has 2 rings (SSSR count). The van der Waals surface area contributed by atoms with Crippen molar-refractivity contribution < 1.29 is 14.3 Å². The maximum absolute atomic E-state index is 12.0. The van der Waals surface area contributed by atoms with E-state index in [2.05, 4.69) is 15.4 Å². The topological polar surface area (TPSA) is 67.4 Å². The number of methoxy groups -OCH3 is 1. The average Bonchev–Trinajstić information content (AvgIpc) is 2.48. The van der Waals surface area contributed by atoms with Gasteiger partial charge in [-0.3, -0.25) is 4.79 Å². The number of hydrogen-bond donors (Lipinski definition) is 2. The second-order valence-electron chi connectivity index (χ2n) is 4.56. The third-order valence-electron chi connectivity index (χ3n) is 3.20. The maximum Gasteiger partial charge on any atom is 0.337 e. The molecule has 1 aliphatic heterocycles. The molecular weight excluding hydrogens is 244 g/mol. The number of esters is 1. The number of benzene rings is 1. The van der Waals surface area contributed by atoms with Crippen LogP contribution < -0.4 is 10.6 Å². The number of carbonyl (C=O) groups excluding carboxylic acids is 2. The van der Waals surface area contributed by atoms with Gasteiger partial charge in [0, 0.05) is 5.69 Å². The highest BCUT2D eigenvalue weighted by molar-refractivity contribution is 5.95. The van der Waals surface area contributed by atoms with Crippen LogP contribution in [0, 0.1) is 0 Å². The van der Waals surface area contributed by atoms with Gasteiger partial charge in [-0.2, -0.15) is 0 Å². The summed E-state index contributed by atoms with van der Waals surface area (Å²) >= 11 is 0. The van der Waals surface area contributed by atoms with Crippen LogP contribution in [0.3, 0.4) is 0 Å². The van der Waals surface area contributed by atoms with Gasteiger partial charge in [0.1, 0.15) is 0 Å². The minimum Gasteiger partial charge on any atom is -0.465 e. The Morgan fingerprint density at radius 3 is 2.58 bits per heavy atom. The predicted octanol–water partition coefficient (Wildman–Crippen LogP) is 1.55. The van der Waals surface area contributed by atoms with Gasteiger partial charge in [-0.1, -0.05) is 6.42 Å². The molecule has 1 aliphatic rings. The van der Waals surface area contributed by atoms with E-state index in [0.29, 0.717) is 11.3 Å². The molecule has 0 bridgehead atoms. The molecular formula is C14H18N2O3. The van der Waals surface area contributed by atoms with Gasteiger partial charge in [0.15, 0.2) is 0 Å². The van der Waals surface area contributed by atoms with Crippen LogP contribution in [-0.2, 0) is 9.53 Å². The molecule has 2 N–H and O–H groups in total. The molecule has 0 unspecified atom stereocenters. The van der Waals surface area contributed by atoms with Gasteiger partial charge in [-0.25, -0.2) is 4.79 Å². The molecule has 5 heteroatoms. The summed E-state index contributed by atoms with van der Waals surface area (Å²) in [6, 6.07) is 6.56. The summed E-state index contributed by atoms with van der Waals surface area (Å²) in [5, 5.41) is 6.03. The quantitative estimate of drug-likeness (QED) is 0.811. The smallest absolute Gasteiger partial charge is 0.337 e. The predicted molar refractivity (Wildman–Crippen MR) is 72.1 cm³/mol. The Kier molecular flexibility index (Phi) is 4.52. The third-order valence-corrected chi connectivity index (χ3v) is 3.20. The molecule has 1 aromatic carbocycles. The Morgan fingerprint density at radius 2 is 2.00 bits per heavy atom. The van der Waals surface area contributed by atoms with E-state index in [4.69, 9.17) is 0 Å². The van der Waals surface area contributed by atoms with E-state index < -0.39 is 0 Å². The monoisotopic (exact) mass is 262 g/mol. The van der Waals surface area contributed by atoms with Crippen LogP contribution in [0.5, 0.6) is 0 Å². The molecule has 0 radical (unpaired) electrons. The van der Waals surface area contributed by atoms with Gasteiger partial charge in [-0.05, 0) is 43.7 Å². The highest BCUT2D eigenvalue weighted by atomic mass is 16.5. The number of ether oxygens (including phenoxy) is 1. The molecule has 0 aliphatic carbocycles. The number of carbonyl (C=O) groups is 2. The van der Waals surface area contributed by atoms with Crippen LogP contribution >= 0.6 is 0 Å². The Bertz CT molecular complexity index is 450. The highest BCUT2D eigenvalue weighted by Gasteiger charge is 2.20. The summed E-state index contributed by atoms with van der Waals surface area (Å²) in [7, 11) is 1.34. The normalized spacial score (nSPS) is 18.7. The molecule has 5 nitrogen and oxygen atoms in total. The molecule has 1 atom stereocenters. The van der Waals surface area contributed by atoms with Gasteiger partial charge in [-0.15, -0.1) is 0 Å². The van der Waals surface area contributed by atoms with E-state index in [1.54, 1.807) is 24.3 Å². The summed E-state index contributed by atoms with van der Waals surface area (Å²) < 4.78 is 4.62. The van der Waals surface area contributed by atoms with E-state index >= 15 is 0 Å². The van der Waals surface area contributed by atoms with Crippen molar-refractivity contribution in [3.8, 4) is 0 Å². The highest BCUT2D eigenvalue weighted by Crippen LogP contribution is 2.13. The molecule has 1 fully saturated rings. The Labute approximate surface area is 112 Å². The SMILES string of the molecule is COC(=O)c1ccc(NC(=O)[C@@H]2CCCCN2)cc1. The summed E-state index contributed by atoms with van der Waals surface area (Å²) in [5.74, 6) is -0.405. The van der Waals surface area contributed by atoms with E-state index in [0.717, 1.165) is 25.8 Å². The van der Waals surface area contributed by atoms with Gasteiger partial charge in [0.2, 0.25) is 5.91 Å². The van der Waals surface area contributed by atoms with Crippen molar-refractivity contribution in [3.63, 3.8) is 0 Å². The van der Waals surface area contributed by atoms with E-state index in [1.807, 2.05) is 0 Å². The van der Waals surface area contributed by atoms with Crippen LogP contribution in [0.2, 0.25) is 0 Å². The van der Waals surface area contributed by atoms with Crippen molar-refractivity contribution >= 4 is 17.6 Å². The van der Waals surface area contributed by atoms with Crippen molar-refractivity contribution in [1.82, 2.24) is 5.32 Å². The van der Waals surface area contributed by atoms with Gasteiger partial charge >= 0.3 is 5.97 Å². The lowest BCUT2D eigenvalue weighted by Gasteiger charge is -2.22.